The molecule has 132 valence electrons. The van der Waals surface area contributed by atoms with Crippen molar-refractivity contribution < 1.29 is 0 Å². The van der Waals surface area contributed by atoms with Gasteiger partial charge in [-0.25, -0.2) is 0 Å². The molecule has 24 heavy (non-hydrogen) atoms. The molecular weight excluding hydrogens is 292 g/mol. The van der Waals surface area contributed by atoms with Gasteiger partial charge in [0.15, 0.2) is 0 Å². The maximum absolute atomic E-state index is 3.91. The molecule has 0 spiro atoms. The van der Waals surface area contributed by atoms with E-state index in [0.717, 1.165) is 49.3 Å². The summed E-state index contributed by atoms with van der Waals surface area (Å²) in [5.74, 6) is 4.22. The quantitative estimate of drug-likeness (QED) is 0.805. The van der Waals surface area contributed by atoms with Crippen molar-refractivity contribution in [3.63, 3.8) is 0 Å². The van der Waals surface area contributed by atoms with Crippen LogP contribution in [-0.2, 0) is 6.54 Å². The topological polar surface area (TPSA) is 15.3 Å². The van der Waals surface area contributed by atoms with Crippen molar-refractivity contribution in [2.24, 2.45) is 23.7 Å². The van der Waals surface area contributed by atoms with Crippen molar-refractivity contribution >= 4 is 5.69 Å². The van der Waals surface area contributed by atoms with Gasteiger partial charge in [0.05, 0.1) is 0 Å². The highest BCUT2D eigenvalue weighted by atomic mass is 15.1. The molecule has 0 radical (unpaired) electrons. The van der Waals surface area contributed by atoms with Crippen LogP contribution in [-0.4, -0.2) is 19.1 Å². The smallest absolute Gasteiger partial charge is 0.0366 e. The number of rotatable bonds is 6. The second-order valence-electron chi connectivity index (χ2n) is 8.58. The molecule has 4 rings (SSSR count). The minimum atomic E-state index is 0.756. The van der Waals surface area contributed by atoms with Crippen LogP contribution in [0.5, 0.6) is 0 Å². The van der Waals surface area contributed by atoms with Gasteiger partial charge in [-0.2, -0.15) is 0 Å². The standard InChI is InChI=1S/C22H34N2/c1-3-24(4-2)22-7-5-16(6-8-22)15-23-21-13-18-9-17-10-19(12-18)20(11-17)14-21/h5-8,17-21,23H,3-4,9-15H2,1-2H3/t17-,18-,19?,20-,21?/m1/s1. The molecule has 0 aliphatic heterocycles. The molecule has 0 amide bonds. The number of nitrogens with zero attached hydrogens (tertiary/aromatic N) is 1. The molecule has 3 fully saturated rings. The van der Waals surface area contributed by atoms with Crippen LogP contribution in [0.2, 0.25) is 0 Å². The van der Waals surface area contributed by atoms with Gasteiger partial charge in [-0.05, 0) is 93.7 Å². The van der Waals surface area contributed by atoms with Crippen LogP contribution in [0.3, 0.4) is 0 Å². The zero-order chi connectivity index (χ0) is 16.5. The lowest BCUT2D eigenvalue weighted by Gasteiger charge is -2.29. The molecule has 1 aromatic rings. The van der Waals surface area contributed by atoms with Crippen molar-refractivity contribution in [1.29, 1.82) is 0 Å². The average Bonchev–Trinajstić information content (AvgIpc) is 2.81. The molecule has 5 atom stereocenters. The first-order valence-corrected chi connectivity index (χ1v) is 10.3. The van der Waals surface area contributed by atoms with Crippen LogP contribution in [0.15, 0.2) is 24.3 Å². The Balaban J connectivity index is 1.33. The molecule has 3 aliphatic carbocycles. The summed E-state index contributed by atoms with van der Waals surface area (Å²) in [6.07, 6.45) is 9.04. The normalized spacial score (nSPS) is 34.3. The Morgan fingerprint density at radius 3 is 2.12 bits per heavy atom. The minimum Gasteiger partial charge on any atom is -0.372 e. The minimum absolute atomic E-state index is 0.756. The van der Waals surface area contributed by atoms with Crippen molar-refractivity contribution in [2.45, 2.75) is 65.0 Å². The highest BCUT2D eigenvalue weighted by Gasteiger charge is 2.44. The SMILES string of the molecule is CCN(CC)c1ccc(CNC2C[C@H]3CC4C[C@@H](C3)C[C@@H]4C2)cc1. The highest BCUT2D eigenvalue weighted by Crippen LogP contribution is 2.53. The molecule has 3 aliphatic rings. The molecule has 3 saturated carbocycles. The average molecular weight is 327 g/mol. The maximum atomic E-state index is 3.91. The monoisotopic (exact) mass is 326 g/mol. The van der Waals surface area contributed by atoms with Crippen molar-refractivity contribution in [1.82, 2.24) is 5.32 Å². The third kappa shape index (κ3) is 3.35. The van der Waals surface area contributed by atoms with E-state index in [2.05, 4.69) is 48.3 Å². The zero-order valence-electron chi connectivity index (χ0n) is 15.5. The van der Waals surface area contributed by atoms with Crippen molar-refractivity contribution in [3.05, 3.63) is 29.8 Å². The van der Waals surface area contributed by atoms with E-state index < -0.39 is 0 Å². The number of hydrogen-bond donors (Lipinski definition) is 1. The second kappa shape index (κ2) is 7.07. The Hall–Kier alpha value is -1.02. The fourth-order valence-electron chi connectivity index (χ4n) is 6.00. The highest BCUT2D eigenvalue weighted by molar-refractivity contribution is 5.47. The third-order valence-electron chi connectivity index (χ3n) is 7.11. The summed E-state index contributed by atoms with van der Waals surface area (Å²) < 4.78 is 0. The molecule has 2 nitrogen and oxygen atoms in total. The van der Waals surface area contributed by atoms with Gasteiger partial charge < -0.3 is 10.2 Å². The Morgan fingerprint density at radius 1 is 0.833 bits per heavy atom. The van der Waals surface area contributed by atoms with Crippen LogP contribution in [0.4, 0.5) is 5.69 Å². The van der Waals surface area contributed by atoms with Crippen LogP contribution in [0.25, 0.3) is 0 Å². The molecule has 2 heteroatoms. The predicted octanol–water partition coefficient (Wildman–Crippen LogP) is 4.84. The molecule has 1 N–H and O–H groups in total. The molecule has 2 unspecified atom stereocenters. The van der Waals surface area contributed by atoms with Gasteiger partial charge in [0.1, 0.15) is 0 Å². The van der Waals surface area contributed by atoms with E-state index in [9.17, 15) is 0 Å². The molecule has 0 heterocycles. The van der Waals surface area contributed by atoms with E-state index in [0.29, 0.717) is 0 Å². The van der Waals surface area contributed by atoms with E-state index in [4.69, 9.17) is 0 Å². The van der Waals surface area contributed by atoms with E-state index in [1.165, 1.54) is 43.4 Å². The Kier molecular flexibility index (Phi) is 4.85. The van der Waals surface area contributed by atoms with E-state index >= 15 is 0 Å². The number of nitrogens with one attached hydrogen (secondary N) is 1. The van der Waals surface area contributed by atoms with Gasteiger partial charge in [-0.3, -0.25) is 0 Å². The molecule has 0 saturated heterocycles. The largest absolute Gasteiger partial charge is 0.372 e. The number of fused-ring (bicyclic) bond motifs is 2. The molecular formula is C22H34N2. The van der Waals surface area contributed by atoms with Crippen LogP contribution in [0.1, 0.15) is 57.9 Å². The Morgan fingerprint density at radius 2 is 1.46 bits per heavy atom. The van der Waals surface area contributed by atoms with Gasteiger partial charge in [0.2, 0.25) is 0 Å². The summed E-state index contributed by atoms with van der Waals surface area (Å²) >= 11 is 0. The van der Waals surface area contributed by atoms with Gasteiger partial charge in [0.25, 0.3) is 0 Å². The lowest BCUT2D eigenvalue weighted by molar-refractivity contribution is 0.243. The molecule has 0 aromatic heterocycles. The number of anilines is 1. The summed E-state index contributed by atoms with van der Waals surface area (Å²) in [7, 11) is 0. The lowest BCUT2D eigenvalue weighted by atomic mass is 9.79. The van der Waals surface area contributed by atoms with E-state index in [1.54, 1.807) is 6.42 Å². The first-order valence-electron chi connectivity index (χ1n) is 10.3. The summed E-state index contributed by atoms with van der Waals surface area (Å²) in [6.45, 7) is 7.66. The van der Waals surface area contributed by atoms with E-state index in [-0.39, 0.29) is 0 Å². The molecule has 1 aromatic carbocycles. The van der Waals surface area contributed by atoms with Crippen LogP contribution >= 0.6 is 0 Å². The first-order chi connectivity index (χ1) is 11.7. The van der Waals surface area contributed by atoms with E-state index in [1.807, 2.05) is 0 Å². The lowest BCUT2D eigenvalue weighted by Crippen LogP contribution is -2.32. The van der Waals surface area contributed by atoms with Gasteiger partial charge in [-0.1, -0.05) is 12.1 Å². The van der Waals surface area contributed by atoms with Gasteiger partial charge >= 0.3 is 0 Å². The summed E-state index contributed by atoms with van der Waals surface area (Å²) in [4.78, 5) is 2.41. The fourth-order valence-corrected chi connectivity index (χ4v) is 6.00. The molecule has 3 bridgehead atoms. The Labute approximate surface area is 148 Å². The number of hydrogen-bond acceptors (Lipinski definition) is 2. The van der Waals surface area contributed by atoms with Gasteiger partial charge in [0, 0.05) is 31.4 Å². The summed E-state index contributed by atoms with van der Waals surface area (Å²) in [5.41, 5.74) is 2.79. The number of benzene rings is 1. The van der Waals surface area contributed by atoms with Crippen molar-refractivity contribution in [2.75, 3.05) is 18.0 Å². The fraction of sp³-hybridized carbons (Fsp3) is 0.727. The third-order valence-corrected chi connectivity index (χ3v) is 7.11. The second-order valence-corrected chi connectivity index (χ2v) is 8.58. The summed E-state index contributed by atoms with van der Waals surface area (Å²) in [5, 5.41) is 3.91. The predicted molar refractivity (Wildman–Crippen MR) is 102 cm³/mol. The summed E-state index contributed by atoms with van der Waals surface area (Å²) in [6, 6.07) is 9.97. The first kappa shape index (κ1) is 16.4. The maximum Gasteiger partial charge on any atom is 0.0366 e. The van der Waals surface area contributed by atoms with Crippen LogP contribution in [0, 0.1) is 23.7 Å². The Bertz CT molecular complexity index is 531. The zero-order valence-corrected chi connectivity index (χ0v) is 15.5. The van der Waals surface area contributed by atoms with Crippen LogP contribution < -0.4 is 10.2 Å². The van der Waals surface area contributed by atoms with Gasteiger partial charge in [-0.15, -0.1) is 0 Å². The van der Waals surface area contributed by atoms with Crippen molar-refractivity contribution in [3.8, 4) is 0 Å².